The second kappa shape index (κ2) is 17.0. The van der Waals surface area contributed by atoms with Gasteiger partial charge in [-0.2, -0.15) is 0 Å². The number of rotatable bonds is 21. The molecule has 0 spiro atoms. The summed E-state index contributed by atoms with van der Waals surface area (Å²) in [5, 5.41) is 0. The zero-order valence-electron chi connectivity index (χ0n) is 26.0. The first kappa shape index (κ1) is 31.7. The summed E-state index contributed by atoms with van der Waals surface area (Å²) in [4.78, 5) is 2.67. The van der Waals surface area contributed by atoms with E-state index in [0.29, 0.717) is 11.5 Å². The number of likely N-dealkylation sites (tertiary alicyclic amines) is 1. The standard InChI is InChI=1S/C34H63NO4/c1-4-7-16-36-26-31-33(39-19-9-6-3)32(38-18-8-5-2)13-15-35(31)14-11-10-12-17-37-27-34-23-28-20-29(24-34)22-30(21-28)25-34/h28-33H,4-27H2,1-3H3/t28?,29?,30?,31-,32-,33-,34?/m0/s1. The Morgan fingerprint density at radius 3 is 1.95 bits per heavy atom. The Morgan fingerprint density at radius 2 is 1.28 bits per heavy atom. The molecule has 0 aromatic heterocycles. The van der Waals surface area contributed by atoms with Gasteiger partial charge in [0.05, 0.1) is 25.4 Å². The smallest absolute Gasteiger partial charge is 0.101 e. The lowest BCUT2D eigenvalue weighted by Crippen LogP contribution is -2.58. The number of nitrogens with zero attached hydrogens (tertiary/aromatic N) is 1. The molecule has 3 atom stereocenters. The predicted molar refractivity (Wildman–Crippen MR) is 160 cm³/mol. The molecule has 1 saturated heterocycles. The van der Waals surface area contributed by atoms with Crippen LogP contribution in [0.4, 0.5) is 0 Å². The molecule has 5 aliphatic rings. The van der Waals surface area contributed by atoms with Crippen molar-refractivity contribution < 1.29 is 18.9 Å². The van der Waals surface area contributed by atoms with Crippen molar-refractivity contribution in [3.8, 4) is 0 Å². The summed E-state index contributed by atoms with van der Waals surface area (Å²) in [5.74, 6) is 3.07. The number of hydrogen-bond acceptors (Lipinski definition) is 5. The molecule has 5 rings (SSSR count). The third-order valence-corrected chi connectivity index (χ3v) is 10.3. The van der Waals surface area contributed by atoms with Crippen molar-refractivity contribution in [2.45, 2.75) is 142 Å². The minimum absolute atomic E-state index is 0.118. The van der Waals surface area contributed by atoms with E-state index in [2.05, 4.69) is 25.7 Å². The van der Waals surface area contributed by atoms with Crippen molar-refractivity contribution in [3.05, 3.63) is 0 Å². The van der Waals surface area contributed by atoms with Crippen LogP contribution in [0, 0.1) is 23.2 Å². The Morgan fingerprint density at radius 1 is 0.667 bits per heavy atom. The first-order valence-electron chi connectivity index (χ1n) is 17.3. The molecule has 228 valence electrons. The molecule has 0 aromatic carbocycles. The van der Waals surface area contributed by atoms with Gasteiger partial charge in [-0.05, 0) is 113 Å². The second-order valence-corrected chi connectivity index (χ2v) is 13.8. The third kappa shape index (κ3) is 9.66. The SMILES string of the molecule is CCCCOC[C@H]1[C@H](OCCCC)[C@@H](OCCCC)CCN1CCCCCOCC12CC3CC(CC(C3)C1)C2. The number of unbranched alkanes of at least 4 members (excludes halogenated alkanes) is 5. The van der Waals surface area contributed by atoms with E-state index in [9.17, 15) is 0 Å². The molecule has 4 bridgehead atoms. The maximum absolute atomic E-state index is 6.56. The fourth-order valence-corrected chi connectivity index (χ4v) is 8.60. The fourth-order valence-electron chi connectivity index (χ4n) is 8.60. The van der Waals surface area contributed by atoms with Crippen LogP contribution >= 0.6 is 0 Å². The van der Waals surface area contributed by atoms with Crippen molar-refractivity contribution in [1.29, 1.82) is 0 Å². The van der Waals surface area contributed by atoms with Crippen LogP contribution in [-0.2, 0) is 18.9 Å². The van der Waals surface area contributed by atoms with Gasteiger partial charge in [-0.25, -0.2) is 0 Å². The Hall–Kier alpha value is -0.200. The molecule has 5 nitrogen and oxygen atoms in total. The third-order valence-electron chi connectivity index (χ3n) is 10.3. The van der Waals surface area contributed by atoms with Gasteiger partial charge in [0.25, 0.3) is 0 Å². The molecular formula is C34H63NO4. The Kier molecular flexibility index (Phi) is 13.9. The van der Waals surface area contributed by atoms with Gasteiger partial charge in [0, 0.05) is 33.0 Å². The van der Waals surface area contributed by atoms with Crippen LogP contribution in [-0.4, -0.2) is 75.9 Å². The summed E-state index contributed by atoms with van der Waals surface area (Å²) in [7, 11) is 0. The summed E-state index contributed by atoms with van der Waals surface area (Å²) in [5.41, 5.74) is 0.552. The van der Waals surface area contributed by atoms with Gasteiger partial charge in [0.1, 0.15) is 6.10 Å². The highest BCUT2D eigenvalue weighted by molar-refractivity contribution is 5.01. The lowest BCUT2D eigenvalue weighted by atomic mass is 9.50. The second-order valence-electron chi connectivity index (χ2n) is 13.8. The lowest BCUT2D eigenvalue weighted by molar-refractivity contribution is -0.148. The van der Waals surface area contributed by atoms with Crippen LogP contribution in [0.2, 0.25) is 0 Å². The quantitative estimate of drug-likeness (QED) is 0.138. The molecular weight excluding hydrogens is 486 g/mol. The van der Waals surface area contributed by atoms with Gasteiger partial charge in [0.15, 0.2) is 0 Å². The maximum atomic E-state index is 6.56. The highest BCUT2D eigenvalue weighted by Crippen LogP contribution is 2.60. The average Bonchev–Trinajstić information content (AvgIpc) is 2.91. The van der Waals surface area contributed by atoms with Crippen molar-refractivity contribution in [2.75, 3.05) is 52.7 Å². The molecule has 4 aliphatic carbocycles. The molecule has 1 aliphatic heterocycles. The molecule has 0 radical (unpaired) electrons. The van der Waals surface area contributed by atoms with Crippen molar-refractivity contribution in [2.24, 2.45) is 23.2 Å². The predicted octanol–water partition coefficient (Wildman–Crippen LogP) is 7.65. The maximum Gasteiger partial charge on any atom is 0.101 e. The van der Waals surface area contributed by atoms with Gasteiger partial charge in [-0.15, -0.1) is 0 Å². The van der Waals surface area contributed by atoms with E-state index in [-0.39, 0.29) is 12.2 Å². The Balaban J connectivity index is 1.20. The van der Waals surface area contributed by atoms with Crippen LogP contribution in [0.15, 0.2) is 0 Å². The molecule has 0 amide bonds. The molecule has 5 heteroatoms. The molecule has 5 fully saturated rings. The van der Waals surface area contributed by atoms with Gasteiger partial charge >= 0.3 is 0 Å². The zero-order chi connectivity index (χ0) is 27.3. The van der Waals surface area contributed by atoms with E-state index < -0.39 is 0 Å². The van der Waals surface area contributed by atoms with Crippen LogP contribution in [0.25, 0.3) is 0 Å². The molecule has 0 aromatic rings. The van der Waals surface area contributed by atoms with Crippen LogP contribution in [0.3, 0.4) is 0 Å². The molecule has 0 N–H and O–H groups in total. The monoisotopic (exact) mass is 549 g/mol. The normalized spacial score (nSPS) is 34.2. The van der Waals surface area contributed by atoms with Crippen LogP contribution in [0.1, 0.15) is 124 Å². The highest BCUT2D eigenvalue weighted by atomic mass is 16.5. The summed E-state index contributed by atoms with van der Waals surface area (Å²) in [6, 6.07) is 0.298. The van der Waals surface area contributed by atoms with E-state index >= 15 is 0 Å². The average molecular weight is 550 g/mol. The van der Waals surface area contributed by atoms with Crippen molar-refractivity contribution in [3.63, 3.8) is 0 Å². The first-order chi connectivity index (χ1) is 19.2. The number of hydrogen-bond donors (Lipinski definition) is 0. The minimum atomic E-state index is 0.118. The van der Waals surface area contributed by atoms with E-state index in [1.54, 1.807) is 0 Å². The van der Waals surface area contributed by atoms with Gasteiger partial charge in [-0.1, -0.05) is 40.0 Å². The number of ether oxygens (including phenoxy) is 4. The van der Waals surface area contributed by atoms with Gasteiger partial charge < -0.3 is 18.9 Å². The summed E-state index contributed by atoms with van der Waals surface area (Å²) >= 11 is 0. The first-order valence-corrected chi connectivity index (χ1v) is 17.3. The fraction of sp³-hybridized carbons (Fsp3) is 1.00. The molecule has 39 heavy (non-hydrogen) atoms. The van der Waals surface area contributed by atoms with Gasteiger partial charge in [-0.3, -0.25) is 4.90 Å². The topological polar surface area (TPSA) is 40.2 Å². The van der Waals surface area contributed by atoms with E-state index in [1.165, 1.54) is 77.0 Å². The summed E-state index contributed by atoms with van der Waals surface area (Å²) < 4.78 is 25.6. The van der Waals surface area contributed by atoms with E-state index in [1.807, 2.05) is 0 Å². The largest absolute Gasteiger partial charge is 0.381 e. The van der Waals surface area contributed by atoms with Crippen LogP contribution in [0.5, 0.6) is 0 Å². The molecule has 0 unspecified atom stereocenters. The minimum Gasteiger partial charge on any atom is -0.381 e. The Labute approximate surface area is 241 Å². The van der Waals surface area contributed by atoms with E-state index in [4.69, 9.17) is 18.9 Å². The van der Waals surface area contributed by atoms with Crippen LogP contribution < -0.4 is 0 Å². The summed E-state index contributed by atoms with van der Waals surface area (Å²) in [6.45, 7) is 14.2. The number of piperidine rings is 1. The zero-order valence-corrected chi connectivity index (χ0v) is 26.0. The molecule has 4 saturated carbocycles. The highest BCUT2D eigenvalue weighted by Gasteiger charge is 2.50. The van der Waals surface area contributed by atoms with Gasteiger partial charge in [0.2, 0.25) is 0 Å². The summed E-state index contributed by atoms with van der Waals surface area (Å²) in [6.07, 6.45) is 20.9. The van der Waals surface area contributed by atoms with Crippen molar-refractivity contribution in [1.82, 2.24) is 4.90 Å². The molecule has 1 heterocycles. The Bertz CT molecular complexity index is 622. The van der Waals surface area contributed by atoms with Crippen molar-refractivity contribution >= 4 is 0 Å². The van der Waals surface area contributed by atoms with E-state index in [0.717, 1.165) is 96.2 Å². The lowest BCUT2D eigenvalue weighted by Gasteiger charge is -2.56.